The van der Waals surface area contributed by atoms with E-state index in [1.165, 1.54) is 6.20 Å². The molecule has 1 N–H and O–H groups in total. The number of rotatable bonds is 1. The molecule has 0 bridgehead atoms. The number of allylic oxidation sites excluding steroid dienone is 1. The Kier molecular flexibility index (Phi) is 2.51. The van der Waals surface area contributed by atoms with Gasteiger partial charge in [-0.15, -0.1) is 0 Å². The third-order valence-electron chi connectivity index (χ3n) is 1.32. The molecule has 1 aromatic rings. The average Bonchev–Trinajstić information content (AvgIpc) is 2.01. The molecular weight excluding hydrogens is 201 g/mol. The summed E-state index contributed by atoms with van der Waals surface area (Å²) in [4.78, 5) is 5.87. The maximum atomic E-state index is 12.1. The predicted octanol–water partition coefficient (Wildman–Crippen LogP) is 2.71. The second-order valence-electron chi connectivity index (χ2n) is 2.29. The molecule has 0 radical (unpaired) electrons. The molecule has 0 atom stereocenters. The molecule has 6 heteroatoms. The Morgan fingerprint density at radius 3 is 2.54 bits per heavy atom. The highest BCUT2D eigenvalue weighted by Crippen LogP contribution is 2.30. The molecule has 13 heavy (non-hydrogen) atoms. The van der Waals surface area contributed by atoms with Crippen LogP contribution in [0.25, 0.3) is 5.57 Å². The number of hydrogen-bond acceptors (Lipinski definition) is 2. The largest absolute Gasteiger partial charge is 0.417 e. The molecule has 0 spiro atoms. The maximum Gasteiger partial charge on any atom is 0.417 e. The van der Waals surface area contributed by atoms with Crippen LogP contribution in [0.5, 0.6) is 0 Å². The molecule has 0 aromatic carbocycles. The monoisotopic (exact) mass is 206 g/mol. The minimum absolute atomic E-state index is 0.142. The van der Waals surface area contributed by atoms with E-state index in [0.717, 1.165) is 6.20 Å². The van der Waals surface area contributed by atoms with Crippen molar-refractivity contribution in [2.75, 3.05) is 0 Å². The second-order valence-corrected chi connectivity index (χ2v) is 2.73. The zero-order chi connectivity index (χ0) is 10.1. The first-order valence-corrected chi connectivity index (χ1v) is 3.63. The van der Waals surface area contributed by atoms with Crippen LogP contribution in [0.3, 0.4) is 0 Å². The van der Waals surface area contributed by atoms with Gasteiger partial charge in [0.05, 0.1) is 23.7 Å². The van der Waals surface area contributed by atoms with Gasteiger partial charge in [-0.1, -0.05) is 18.8 Å². The molecule has 1 heterocycles. The van der Waals surface area contributed by atoms with E-state index in [2.05, 4.69) is 28.8 Å². The van der Waals surface area contributed by atoms with Gasteiger partial charge in [-0.25, -0.2) is 0 Å². The Balaban J connectivity index is 3.10. The van der Waals surface area contributed by atoms with Gasteiger partial charge in [-0.3, -0.25) is 4.98 Å². The van der Waals surface area contributed by atoms with E-state index in [-0.39, 0.29) is 10.3 Å². The molecule has 0 aliphatic rings. The Labute approximate surface area is 77.1 Å². The third-order valence-corrected chi connectivity index (χ3v) is 1.53. The molecule has 1 aromatic heterocycles. The number of aromatic nitrogens is 2. The highest BCUT2D eigenvalue weighted by molar-refractivity contribution is 7.71. The highest BCUT2D eigenvalue weighted by atomic mass is 32.1. The number of H-pyrrole nitrogens is 1. The Bertz CT molecular complexity index is 380. The fourth-order valence-corrected chi connectivity index (χ4v) is 0.854. The minimum atomic E-state index is -4.46. The van der Waals surface area contributed by atoms with Crippen molar-refractivity contribution in [1.82, 2.24) is 9.97 Å². The van der Waals surface area contributed by atoms with Crippen LogP contribution in [0.1, 0.15) is 5.69 Å². The fraction of sp³-hybridized carbons (Fsp3) is 0.143. The number of nitrogens with one attached hydrogen (secondary N) is 1. The predicted molar refractivity (Wildman–Crippen MR) is 44.5 cm³/mol. The van der Waals surface area contributed by atoms with Crippen molar-refractivity contribution in [2.45, 2.75) is 6.18 Å². The standard InChI is InChI=1S/C7H5F3N2S/c1-4(7(8,9)10)5-2-11-3-6(13)12-5/h2-3H,1H2,(H,12,13). The summed E-state index contributed by atoms with van der Waals surface area (Å²) in [6.07, 6.45) is -2.17. The molecule has 0 aliphatic carbocycles. The quantitative estimate of drug-likeness (QED) is 0.715. The number of halogens is 3. The van der Waals surface area contributed by atoms with Crippen molar-refractivity contribution in [3.05, 3.63) is 29.3 Å². The number of alkyl halides is 3. The van der Waals surface area contributed by atoms with Gasteiger partial charge in [0.25, 0.3) is 0 Å². The van der Waals surface area contributed by atoms with E-state index in [0.29, 0.717) is 0 Å². The van der Waals surface area contributed by atoms with E-state index in [1.54, 1.807) is 0 Å². The van der Waals surface area contributed by atoms with E-state index in [1.807, 2.05) is 0 Å². The normalized spacial score (nSPS) is 11.3. The molecule has 1 rings (SSSR count). The van der Waals surface area contributed by atoms with Crippen LogP contribution < -0.4 is 0 Å². The summed E-state index contributed by atoms with van der Waals surface area (Å²) in [5.74, 6) is 0. The zero-order valence-corrected chi connectivity index (χ0v) is 7.17. The topological polar surface area (TPSA) is 28.7 Å². The lowest BCUT2D eigenvalue weighted by atomic mass is 10.2. The number of hydrogen-bond donors (Lipinski definition) is 1. The maximum absolute atomic E-state index is 12.1. The fourth-order valence-electron chi connectivity index (χ4n) is 0.683. The van der Waals surface area contributed by atoms with Crippen molar-refractivity contribution in [3.8, 4) is 0 Å². The first-order valence-electron chi connectivity index (χ1n) is 3.22. The van der Waals surface area contributed by atoms with Crippen molar-refractivity contribution in [1.29, 1.82) is 0 Å². The Morgan fingerprint density at radius 2 is 2.08 bits per heavy atom. The molecule has 0 saturated heterocycles. The van der Waals surface area contributed by atoms with Crippen LogP contribution in [0, 0.1) is 4.64 Å². The van der Waals surface area contributed by atoms with Gasteiger partial charge in [0.2, 0.25) is 0 Å². The van der Waals surface area contributed by atoms with Crippen molar-refractivity contribution < 1.29 is 13.2 Å². The summed E-state index contributed by atoms with van der Waals surface area (Å²) in [5.41, 5.74) is -1.19. The summed E-state index contributed by atoms with van der Waals surface area (Å²) >= 11 is 4.62. The second kappa shape index (κ2) is 3.29. The molecule has 0 amide bonds. The van der Waals surface area contributed by atoms with E-state index in [9.17, 15) is 13.2 Å². The highest BCUT2D eigenvalue weighted by Gasteiger charge is 2.33. The zero-order valence-electron chi connectivity index (χ0n) is 6.35. The SMILES string of the molecule is C=C(c1cncc(=S)[nH]1)C(F)(F)F. The van der Waals surface area contributed by atoms with Gasteiger partial charge < -0.3 is 4.98 Å². The summed E-state index contributed by atoms with van der Waals surface area (Å²) in [6.45, 7) is 2.89. The third kappa shape index (κ3) is 2.38. The first-order chi connectivity index (χ1) is 5.91. The van der Waals surface area contributed by atoms with Gasteiger partial charge in [0.15, 0.2) is 0 Å². The van der Waals surface area contributed by atoms with Gasteiger partial charge in [0, 0.05) is 0 Å². The van der Waals surface area contributed by atoms with Gasteiger partial charge in [-0.05, 0) is 0 Å². The molecule has 0 aliphatic heterocycles. The number of aromatic amines is 1. The molecule has 2 nitrogen and oxygen atoms in total. The first kappa shape index (κ1) is 9.91. The lowest BCUT2D eigenvalue weighted by Gasteiger charge is -2.08. The van der Waals surface area contributed by atoms with E-state index in [4.69, 9.17) is 0 Å². The summed E-state index contributed by atoms with van der Waals surface area (Å²) < 4.78 is 36.4. The average molecular weight is 206 g/mol. The minimum Gasteiger partial charge on any atom is -0.344 e. The summed E-state index contributed by atoms with van der Waals surface area (Å²) in [6, 6.07) is 0. The summed E-state index contributed by atoms with van der Waals surface area (Å²) in [7, 11) is 0. The van der Waals surface area contributed by atoms with E-state index < -0.39 is 11.7 Å². The van der Waals surface area contributed by atoms with E-state index >= 15 is 0 Å². The smallest absolute Gasteiger partial charge is 0.344 e. The Morgan fingerprint density at radius 1 is 1.46 bits per heavy atom. The van der Waals surface area contributed by atoms with Crippen LogP contribution in [-0.4, -0.2) is 16.1 Å². The van der Waals surface area contributed by atoms with Crippen molar-refractivity contribution in [3.63, 3.8) is 0 Å². The molecular formula is C7H5F3N2S. The molecule has 0 unspecified atom stereocenters. The van der Waals surface area contributed by atoms with Crippen LogP contribution >= 0.6 is 12.2 Å². The molecule has 70 valence electrons. The number of nitrogens with zero attached hydrogens (tertiary/aromatic N) is 1. The van der Waals surface area contributed by atoms with Crippen LogP contribution in [0.2, 0.25) is 0 Å². The van der Waals surface area contributed by atoms with Crippen LogP contribution in [0.15, 0.2) is 19.0 Å². The lowest BCUT2D eigenvalue weighted by Crippen LogP contribution is -2.10. The van der Waals surface area contributed by atoms with Crippen LogP contribution in [-0.2, 0) is 0 Å². The molecule has 0 fully saturated rings. The molecule has 0 saturated carbocycles. The van der Waals surface area contributed by atoms with Gasteiger partial charge >= 0.3 is 6.18 Å². The van der Waals surface area contributed by atoms with Crippen molar-refractivity contribution >= 4 is 17.8 Å². The van der Waals surface area contributed by atoms with Gasteiger partial charge in [0.1, 0.15) is 4.64 Å². The van der Waals surface area contributed by atoms with Gasteiger partial charge in [-0.2, -0.15) is 13.2 Å². The summed E-state index contributed by atoms with van der Waals surface area (Å²) in [5, 5.41) is 0. The Hall–Kier alpha value is -1.17. The lowest BCUT2D eigenvalue weighted by molar-refractivity contribution is -0.0689. The van der Waals surface area contributed by atoms with Crippen molar-refractivity contribution in [2.24, 2.45) is 0 Å². The van der Waals surface area contributed by atoms with Crippen LogP contribution in [0.4, 0.5) is 13.2 Å².